The molecule has 0 spiro atoms. The molecule has 0 aromatic rings. The first kappa shape index (κ1) is 5.92. The Hall–Kier alpha value is -1.08. The van der Waals surface area contributed by atoms with Crippen LogP contribution in [0.4, 0.5) is 0 Å². The fraction of sp³-hybridized carbons (Fsp3) is 0.250. The van der Waals surface area contributed by atoms with Gasteiger partial charge in [-0.05, 0) is 0 Å². The summed E-state index contributed by atoms with van der Waals surface area (Å²) in [7, 11) is 0. The first-order valence-electron chi connectivity index (χ1n) is 1.67. The first-order chi connectivity index (χ1) is 3.27. The van der Waals surface area contributed by atoms with E-state index in [9.17, 15) is 4.79 Å². The van der Waals surface area contributed by atoms with E-state index >= 15 is 0 Å². The van der Waals surface area contributed by atoms with Crippen LogP contribution in [-0.2, 0) is 4.79 Å². The van der Waals surface area contributed by atoms with Crippen molar-refractivity contribution in [2.75, 3.05) is 6.54 Å². The van der Waals surface area contributed by atoms with E-state index in [4.69, 9.17) is 5.11 Å². The second kappa shape index (κ2) is 3.12. The maximum absolute atomic E-state index is 9.27. The van der Waals surface area contributed by atoms with Crippen LogP contribution in [-0.4, -0.2) is 17.7 Å². The zero-order valence-corrected chi connectivity index (χ0v) is 3.72. The van der Waals surface area contributed by atoms with Crippen molar-refractivity contribution in [3.63, 3.8) is 0 Å². The highest BCUT2D eigenvalue weighted by Gasteiger charge is 1.78. The normalized spacial score (nSPS) is 6.86. The molecule has 0 saturated heterocycles. The molecule has 0 aliphatic rings. The predicted octanol–water partition coefficient (Wildman–Crippen LogP) is 0.394. The number of aliphatic hydroxyl groups excluding tert-OH is 1. The highest BCUT2D eigenvalue weighted by atomic mass is 16.3. The summed E-state index contributed by atoms with van der Waals surface area (Å²) in [6, 6.07) is 0. The third kappa shape index (κ3) is 4.92. The lowest BCUT2D eigenvalue weighted by molar-refractivity contribution is 0.406. The molecule has 0 fully saturated rings. The Labute approximate surface area is 41.0 Å². The monoisotopic (exact) mass is 99.0 g/mol. The highest BCUT2D eigenvalue weighted by Crippen LogP contribution is 1.78. The van der Waals surface area contributed by atoms with Crippen molar-refractivity contribution >= 4 is 6.08 Å². The Morgan fingerprint density at radius 1 is 2.00 bits per heavy atom. The number of aliphatic imine (C=N–C) groups is 1. The van der Waals surface area contributed by atoms with Crippen LogP contribution in [0.15, 0.2) is 17.3 Å². The van der Waals surface area contributed by atoms with Crippen LogP contribution in [0.1, 0.15) is 0 Å². The molecule has 0 rings (SSSR count). The van der Waals surface area contributed by atoms with Gasteiger partial charge in [-0.2, -0.15) is 4.99 Å². The van der Waals surface area contributed by atoms with E-state index in [2.05, 4.69) is 11.6 Å². The van der Waals surface area contributed by atoms with Gasteiger partial charge in [-0.25, -0.2) is 4.79 Å². The van der Waals surface area contributed by atoms with Crippen LogP contribution in [0.2, 0.25) is 0 Å². The van der Waals surface area contributed by atoms with Gasteiger partial charge >= 0.3 is 0 Å². The molecule has 0 heterocycles. The largest absolute Gasteiger partial charge is 0.511 e. The van der Waals surface area contributed by atoms with Gasteiger partial charge in [0.25, 0.3) is 0 Å². The molecular weight excluding hydrogens is 94.0 g/mol. The topological polar surface area (TPSA) is 49.7 Å². The van der Waals surface area contributed by atoms with Crippen molar-refractivity contribution in [1.29, 1.82) is 0 Å². The lowest BCUT2D eigenvalue weighted by Gasteiger charge is -1.81. The molecule has 0 bridgehead atoms. The Morgan fingerprint density at radius 3 is 2.71 bits per heavy atom. The van der Waals surface area contributed by atoms with E-state index in [-0.39, 0.29) is 12.3 Å². The molecule has 0 aromatic heterocycles. The minimum absolute atomic E-state index is 0.0382. The summed E-state index contributed by atoms with van der Waals surface area (Å²) in [5.41, 5.74) is 0. The molecule has 3 heteroatoms. The summed E-state index contributed by atoms with van der Waals surface area (Å²) in [4.78, 5) is 12.3. The van der Waals surface area contributed by atoms with Gasteiger partial charge in [0.1, 0.15) is 12.3 Å². The number of hydrogen-bond donors (Lipinski definition) is 1. The van der Waals surface area contributed by atoms with Crippen molar-refractivity contribution in [3.8, 4) is 0 Å². The second-order valence-corrected chi connectivity index (χ2v) is 0.974. The van der Waals surface area contributed by atoms with E-state index in [1.807, 2.05) is 0 Å². The van der Waals surface area contributed by atoms with Gasteiger partial charge in [-0.15, -0.1) is 0 Å². The molecule has 0 aromatic carbocycles. The third-order valence-corrected chi connectivity index (χ3v) is 0.326. The number of isocyanates is 1. The Morgan fingerprint density at radius 2 is 2.57 bits per heavy atom. The number of nitrogens with zero attached hydrogens (tertiary/aromatic N) is 1. The van der Waals surface area contributed by atoms with Gasteiger partial charge in [0.15, 0.2) is 0 Å². The molecule has 0 aliphatic heterocycles. The number of carbonyl (C=O) groups excluding carboxylic acids is 1. The van der Waals surface area contributed by atoms with E-state index in [0.717, 1.165) is 0 Å². The fourth-order valence-corrected chi connectivity index (χ4v) is 0.124. The van der Waals surface area contributed by atoms with Crippen molar-refractivity contribution in [1.82, 2.24) is 0 Å². The van der Waals surface area contributed by atoms with Crippen LogP contribution >= 0.6 is 0 Å². The molecule has 3 nitrogen and oxygen atoms in total. The quantitative estimate of drug-likeness (QED) is 0.309. The number of aliphatic hydroxyl groups is 1. The van der Waals surface area contributed by atoms with Gasteiger partial charge in [0.2, 0.25) is 6.08 Å². The molecule has 0 saturated carbocycles. The summed E-state index contributed by atoms with van der Waals surface area (Å²) in [5.74, 6) is -0.122. The SMILES string of the molecule is C=C(O)CN=C=O. The Bertz CT molecular complexity index is 113. The standard InChI is InChI=1S/C4H5NO2/c1-4(7)2-5-3-6/h7H,1-2H2. The minimum atomic E-state index is -0.122. The molecule has 38 valence electrons. The summed E-state index contributed by atoms with van der Waals surface area (Å²) in [6.07, 6.45) is 1.25. The third-order valence-electron chi connectivity index (χ3n) is 0.326. The molecule has 7 heavy (non-hydrogen) atoms. The summed E-state index contributed by atoms with van der Waals surface area (Å²) in [6.45, 7) is 3.04. The summed E-state index contributed by atoms with van der Waals surface area (Å²) < 4.78 is 0. The van der Waals surface area contributed by atoms with Crippen LogP contribution in [0, 0.1) is 0 Å². The van der Waals surface area contributed by atoms with E-state index in [0.29, 0.717) is 0 Å². The summed E-state index contributed by atoms with van der Waals surface area (Å²) >= 11 is 0. The first-order valence-corrected chi connectivity index (χ1v) is 1.67. The lowest BCUT2D eigenvalue weighted by Crippen LogP contribution is -1.80. The number of hydrogen-bond acceptors (Lipinski definition) is 3. The predicted molar refractivity (Wildman–Crippen MR) is 24.8 cm³/mol. The summed E-state index contributed by atoms with van der Waals surface area (Å²) in [5, 5.41) is 8.22. The van der Waals surface area contributed by atoms with Crippen molar-refractivity contribution in [2.24, 2.45) is 4.99 Å². The van der Waals surface area contributed by atoms with Crippen molar-refractivity contribution < 1.29 is 9.90 Å². The van der Waals surface area contributed by atoms with Crippen LogP contribution in [0.25, 0.3) is 0 Å². The van der Waals surface area contributed by atoms with E-state index in [1.165, 1.54) is 6.08 Å². The van der Waals surface area contributed by atoms with Crippen LogP contribution in [0.5, 0.6) is 0 Å². The van der Waals surface area contributed by atoms with Crippen LogP contribution < -0.4 is 0 Å². The van der Waals surface area contributed by atoms with Crippen LogP contribution in [0.3, 0.4) is 0 Å². The molecule has 0 radical (unpaired) electrons. The van der Waals surface area contributed by atoms with Crippen molar-refractivity contribution in [2.45, 2.75) is 0 Å². The zero-order chi connectivity index (χ0) is 5.70. The lowest BCUT2D eigenvalue weighted by atomic mass is 10.6. The van der Waals surface area contributed by atoms with Crippen molar-refractivity contribution in [3.05, 3.63) is 12.3 Å². The Balaban J connectivity index is 3.32. The van der Waals surface area contributed by atoms with Gasteiger partial charge < -0.3 is 5.11 Å². The highest BCUT2D eigenvalue weighted by molar-refractivity contribution is 5.33. The second-order valence-electron chi connectivity index (χ2n) is 0.974. The average molecular weight is 99.1 g/mol. The zero-order valence-electron chi connectivity index (χ0n) is 3.72. The molecule has 0 aliphatic carbocycles. The molecule has 0 atom stereocenters. The Kier molecular flexibility index (Phi) is 2.64. The van der Waals surface area contributed by atoms with E-state index < -0.39 is 0 Å². The van der Waals surface area contributed by atoms with Gasteiger partial charge in [0.05, 0.1) is 0 Å². The molecule has 0 unspecified atom stereocenters. The van der Waals surface area contributed by atoms with Gasteiger partial charge in [-0.3, -0.25) is 0 Å². The maximum atomic E-state index is 9.27. The smallest absolute Gasteiger partial charge is 0.235 e. The average Bonchev–Trinajstić information content (AvgIpc) is 1.61. The maximum Gasteiger partial charge on any atom is 0.235 e. The van der Waals surface area contributed by atoms with Gasteiger partial charge in [0, 0.05) is 0 Å². The van der Waals surface area contributed by atoms with Gasteiger partial charge in [-0.1, -0.05) is 6.58 Å². The molecule has 1 N–H and O–H groups in total. The molecular formula is C4H5NO2. The molecule has 0 amide bonds. The van der Waals surface area contributed by atoms with E-state index in [1.54, 1.807) is 0 Å². The minimum Gasteiger partial charge on any atom is -0.511 e. The fourth-order valence-electron chi connectivity index (χ4n) is 0.124. The number of rotatable bonds is 2.